The minimum Gasteiger partial charge on any atom is -0.341 e. The van der Waals surface area contributed by atoms with Crippen LogP contribution in [0.1, 0.15) is 27.2 Å². The Bertz CT molecular complexity index is 1030. The van der Waals surface area contributed by atoms with Crippen LogP contribution in [0.25, 0.3) is 5.82 Å². The normalized spacial score (nSPS) is 10.9. The molecule has 2 aromatic heterocycles. The molecular formula is C20H15F3N4O. The Morgan fingerprint density at radius 2 is 1.89 bits per heavy atom. The second-order valence-electron chi connectivity index (χ2n) is 5.81. The maximum atomic E-state index is 12.6. The van der Waals surface area contributed by atoms with Crippen LogP contribution < -0.4 is 5.32 Å². The molecule has 1 aromatic carbocycles. The highest BCUT2D eigenvalue weighted by molar-refractivity contribution is 5.95. The fourth-order valence-corrected chi connectivity index (χ4v) is 2.43. The smallest absolute Gasteiger partial charge is 0.341 e. The molecule has 0 aliphatic carbocycles. The van der Waals surface area contributed by atoms with Crippen LogP contribution in [0.4, 0.5) is 13.2 Å². The number of hydrogen-bond acceptors (Lipinski definition) is 3. The van der Waals surface area contributed by atoms with Crippen LogP contribution in [0.2, 0.25) is 0 Å². The molecule has 0 fully saturated rings. The van der Waals surface area contributed by atoms with Crippen molar-refractivity contribution in [1.29, 1.82) is 0 Å². The molecule has 0 aliphatic heterocycles. The largest absolute Gasteiger partial charge is 0.417 e. The van der Waals surface area contributed by atoms with Crippen molar-refractivity contribution in [2.45, 2.75) is 13.1 Å². The lowest BCUT2D eigenvalue weighted by Gasteiger charge is -2.08. The van der Waals surface area contributed by atoms with Crippen molar-refractivity contribution in [2.24, 2.45) is 0 Å². The van der Waals surface area contributed by atoms with Crippen molar-refractivity contribution in [2.75, 3.05) is 6.54 Å². The molecule has 28 heavy (non-hydrogen) atoms. The molecular weight excluding hydrogens is 369 g/mol. The summed E-state index contributed by atoms with van der Waals surface area (Å²) in [4.78, 5) is 16.1. The topological polar surface area (TPSA) is 59.8 Å². The van der Waals surface area contributed by atoms with Gasteiger partial charge in [0, 0.05) is 11.8 Å². The van der Waals surface area contributed by atoms with Crippen LogP contribution >= 0.6 is 0 Å². The third-order valence-corrected chi connectivity index (χ3v) is 3.89. The number of nitrogens with one attached hydrogen (secondary N) is 1. The lowest BCUT2D eigenvalue weighted by Crippen LogP contribution is -2.24. The number of carbonyl (C=O) groups excluding carboxylic acids is 1. The Morgan fingerprint density at radius 3 is 2.54 bits per heavy atom. The van der Waals surface area contributed by atoms with E-state index in [1.54, 1.807) is 6.92 Å². The Hall–Kier alpha value is -3.60. The molecule has 3 rings (SSSR count). The number of carbonyl (C=O) groups is 1. The quantitative estimate of drug-likeness (QED) is 0.705. The minimum absolute atomic E-state index is 0.150. The predicted molar refractivity (Wildman–Crippen MR) is 96.8 cm³/mol. The zero-order chi connectivity index (χ0) is 20.1. The maximum absolute atomic E-state index is 12.6. The molecule has 0 saturated heterocycles. The first-order chi connectivity index (χ1) is 13.4. The predicted octanol–water partition coefficient (Wildman–Crippen LogP) is 3.38. The van der Waals surface area contributed by atoms with Gasteiger partial charge >= 0.3 is 6.18 Å². The second-order valence-corrected chi connectivity index (χ2v) is 5.81. The van der Waals surface area contributed by atoms with Crippen molar-refractivity contribution in [3.63, 3.8) is 0 Å². The second kappa shape index (κ2) is 7.96. The van der Waals surface area contributed by atoms with Gasteiger partial charge in [0.25, 0.3) is 5.91 Å². The van der Waals surface area contributed by atoms with Gasteiger partial charge in [0.15, 0.2) is 5.82 Å². The lowest BCUT2D eigenvalue weighted by atomic mass is 10.2. The number of alkyl halides is 3. The SMILES string of the molecule is Cc1c(C(=O)NCC#Cc2ccccc2)cnn1-c1ccc(C(F)(F)F)cn1. The van der Waals surface area contributed by atoms with Crippen LogP contribution in [-0.4, -0.2) is 27.2 Å². The fraction of sp³-hybridized carbons (Fsp3) is 0.150. The zero-order valence-corrected chi connectivity index (χ0v) is 14.8. The summed E-state index contributed by atoms with van der Waals surface area (Å²) in [7, 11) is 0. The standard InChI is InChI=1S/C20H15F3N4O/c1-14-17(19(28)24-11-5-8-15-6-3-2-4-7-15)13-26-27(14)18-10-9-16(12-25-18)20(21,22)23/h2-4,6-7,9-10,12-13H,11H2,1H3,(H,24,28). The minimum atomic E-state index is -4.46. The van der Waals surface area contributed by atoms with E-state index >= 15 is 0 Å². The Labute approximate surface area is 159 Å². The van der Waals surface area contributed by atoms with Gasteiger partial charge in [-0.25, -0.2) is 9.67 Å². The molecule has 2 heterocycles. The van der Waals surface area contributed by atoms with Crippen molar-refractivity contribution in [3.8, 4) is 17.7 Å². The van der Waals surface area contributed by atoms with E-state index in [0.717, 1.165) is 17.8 Å². The molecule has 3 aromatic rings. The molecule has 0 unspecified atom stereocenters. The van der Waals surface area contributed by atoms with Crippen LogP contribution in [0.15, 0.2) is 54.9 Å². The number of benzene rings is 1. The summed E-state index contributed by atoms with van der Waals surface area (Å²) in [6, 6.07) is 11.5. The molecule has 8 heteroatoms. The van der Waals surface area contributed by atoms with Gasteiger partial charge in [-0.1, -0.05) is 30.0 Å². The molecule has 0 aliphatic rings. The molecule has 1 amide bonds. The van der Waals surface area contributed by atoms with E-state index in [9.17, 15) is 18.0 Å². The van der Waals surface area contributed by atoms with E-state index in [1.807, 2.05) is 30.3 Å². The summed E-state index contributed by atoms with van der Waals surface area (Å²) in [6.07, 6.45) is -2.39. The van der Waals surface area contributed by atoms with Gasteiger partial charge in [0.2, 0.25) is 0 Å². The first-order valence-corrected chi connectivity index (χ1v) is 8.26. The highest BCUT2D eigenvalue weighted by Crippen LogP contribution is 2.28. The molecule has 0 spiro atoms. The van der Waals surface area contributed by atoms with Gasteiger partial charge in [-0.05, 0) is 31.2 Å². The number of aromatic nitrogens is 3. The monoisotopic (exact) mass is 384 g/mol. The third kappa shape index (κ3) is 4.38. The average molecular weight is 384 g/mol. The Kier molecular flexibility index (Phi) is 5.45. The molecule has 1 N–H and O–H groups in total. The van der Waals surface area contributed by atoms with Gasteiger partial charge in [-0.3, -0.25) is 4.79 Å². The zero-order valence-electron chi connectivity index (χ0n) is 14.8. The van der Waals surface area contributed by atoms with Gasteiger partial charge < -0.3 is 5.32 Å². The molecule has 0 saturated carbocycles. The van der Waals surface area contributed by atoms with E-state index in [4.69, 9.17) is 0 Å². The molecule has 142 valence electrons. The van der Waals surface area contributed by atoms with Crippen molar-refractivity contribution in [1.82, 2.24) is 20.1 Å². The van der Waals surface area contributed by atoms with Gasteiger partial charge in [-0.15, -0.1) is 0 Å². The average Bonchev–Trinajstić information content (AvgIpc) is 3.07. The van der Waals surface area contributed by atoms with Gasteiger partial charge in [-0.2, -0.15) is 18.3 Å². The van der Waals surface area contributed by atoms with Crippen LogP contribution in [-0.2, 0) is 6.18 Å². The highest BCUT2D eigenvalue weighted by Gasteiger charge is 2.30. The number of amides is 1. The lowest BCUT2D eigenvalue weighted by molar-refractivity contribution is -0.137. The summed E-state index contributed by atoms with van der Waals surface area (Å²) in [5.41, 5.74) is 0.745. The summed E-state index contributed by atoms with van der Waals surface area (Å²) in [5.74, 6) is 5.59. The number of pyridine rings is 1. The highest BCUT2D eigenvalue weighted by atomic mass is 19.4. The van der Waals surface area contributed by atoms with Crippen molar-refractivity contribution >= 4 is 5.91 Å². The molecule has 5 nitrogen and oxygen atoms in total. The Morgan fingerprint density at radius 1 is 1.14 bits per heavy atom. The van der Waals surface area contributed by atoms with E-state index in [2.05, 4.69) is 27.2 Å². The Balaban J connectivity index is 1.69. The number of rotatable bonds is 3. The molecule has 0 radical (unpaired) electrons. The number of halogens is 3. The summed E-state index contributed by atoms with van der Waals surface area (Å²) in [6.45, 7) is 1.79. The summed E-state index contributed by atoms with van der Waals surface area (Å²) in [5, 5.41) is 6.72. The van der Waals surface area contributed by atoms with Crippen LogP contribution in [0.3, 0.4) is 0 Å². The van der Waals surface area contributed by atoms with Crippen LogP contribution in [0.5, 0.6) is 0 Å². The van der Waals surface area contributed by atoms with Crippen LogP contribution in [0, 0.1) is 18.8 Å². The molecule has 0 bridgehead atoms. The van der Waals surface area contributed by atoms with Gasteiger partial charge in [0.1, 0.15) is 0 Å². The number of nitrogens with zero attached hydrogens (tertiary/aromatic N) is 3. The fourth-order valence-electron chi connectivity index (χ4n) is 2.43. The van der Waals surface area contributed by atoms with Crippen molar-refractivity contribution in [3.05, 3.63) is 77.2 Å². The first-order valence-electron chi connectivity index (χ1n) is 8.26. The van der Waals surface area contributed by atoms with E-state index in [0.29, 0.717) is 11.3 Å². The van der Waals surface area contributed by atoms with Crippen molar-refractivity contribution < 1.29 is 18.0 Å². The van der Waals surface area contributed by atoms with Gasteiger partial charge in [0.05, 0.1) is 29.6 Å². The maximum Gasteiger partial charge on any atom is 0.417 e. The molecule has 0 atom stereocenters. The van der Waals surface area contributed by atoms with E-state index in [1.165, 1.54) is 16.9 Å². The van der Waals surface area contributed by atoms with E-state index < -0.39 is 11.7 Å². The van der Waals surface area contributed by atoms with E-state index in [-0.39, 0.29) is 18.3 Å². The summed E-state index contributed by atoms with van der Waals surface area (Å²) < 4.78 is 39.2. The third-order valence-electron chi connectivity index (χ3n) is 3.89. The summed E-state index contributed by atoms with van der Waals surface area (Å²) >= 11 is 0. The first kappa shape index (κ1) is 19.2. The number of hydrogen-bond donors (Lipinski definition) is 1.